The maximum Gasteiger partial charge on any atom is 0.223 e. The zero-order valence-electron chi connectivity index (χ0n) is 12.1. The Labute approximate surface area is 130 Å². The number of rotatable bonds is 7. The van der Waals surface area contributed by atoms with Gasteiger partial charge in [0.15, 0.2) is 0 Å². The van der Waals surface area contributed by atoms with E-state index in [1.807, 2.05) is 44.4 Å². The highest BCUT2D eigenvalue weighted by Gasteiger charge is 2.20. The predicted molar refractivity (Wildman–Crippen MR) is 86.3 cm³/mol. The Kier molecular flexibility index (Phi) is 7.41. The summed E-state index contributed by atoms with van der Waals surface area (Å²) < 4.78 is 0. The summed E-state index contributed by atoms with van der Waals surface area (Å²) in [5.74, 6) is -0.0974. The molecule has 1 rings (SSSR count). The van der Waals surface area contributed by atoms with Crippen molar-refractivity contribution in [1.29, 1.82) is 0 Å². The zero-order valence-corrected chi connectivity index (χ0v) is 13.7. The van der Waals surface area contributed by atoms with E-state index in [1.165, 1.54) is 0 Å². The Morgan fingerprint density at radius 1 is 1.35 bits per heavy atom. The molecule has 0 fully saturated rings. The Morgan fingerprint density at radius 2 is 1.95 bits per heavy atom. The van der Waals surface area contributed by atoms with Crippen molar-refractivity contribution in [1.82, 2.24) is 5.32 Å². The van der Waals surface area contributed by atoms with E-state index >= 15 is 0 Å². The van der Waals surface area contributed by atoms with Crippen molar-refractivity contribution in [2.24, 2.45) is 5.92 Å². The highest BCUT2D eigenvalue weighted by molar-refractivity contribution is 7.99. The highest BCUT2D eigenvalue weighted by atomic mass is 35.5. The number of aliphatic hydroxyl groups excluding tert-OH is 1. The fourth-order valence-corrected chi connectivity index (χ4v) is 2.71. The van der Waals surface area contributed by atoms with Crippen LogP contribution in [0.15, 0.2) is 24.3 Å². The first-order valence-corrected chi connectivity index (χ1v) is 8.33. The van der Waals surface area contributed by atoms with E-state index < -0.39 is 0 Å². The van der Waals surface area contributed by atoms with Gasteiger partial charge in [-0.3, -0.25) is 4.79 Å². The molecule has 0 radical (unpaired) electrons. The van der Waals surface area contributed by atoms with Crippen LogP contribution in [0, 0.1) is 5.92 Å². The third kappa shape index (κ3) is 5.35. The van der Waals surface area contributed by atoms with Gasteiger partial charge < -0.3 is 10.4 Å². The van der Waals surface area contributed by atoms with Crippen molar-refractivity contribution in [2.45, 2.75) is 31.6 Å². The highest BCUT2D eigenvalue weighted by Crippen LogP contribution is 2.15. The van der Waals surface area contributed by atoms with Gasteiger partial charge in [0.25, 0.3) is 0 Å². The minimum atomic E-state index is -0.111. The van der Waals surface area contributed by atoms with E-state index in [2.05, 4.69) is 5.32 Å². The molecule has 0 bridgehead atoms. The summed E-state index contributed by atoms with van der Waals surface area (Å²) in [6, 6.07) is 7.50. The fourth-order valence-electron chi connectivity index (χ4n) is 1.96. The summed E-state index contributed by atoms with van der Waals surface area (Å²) in [5, 5.41) is 12.9. The Hall–Kier alpha value is -0.710. The van der Waals surface area contributed by atoms with Crippen LogP contribution >= 0.6 is 23.4 Å². The Morgan fingerprint density at radius 3 is 2.45 bits per heavy atom. The van der Waals surface area contributed by atoms with Gasteiger partial charge in [-0.2, -0.15) is 11.8 Å². The predicted octanol–water partition coefficient (Wildman–Crippen LogP) is 2.75. The number of nitrogens with one attached hydrogen (secondary N) is 1. The van der Waals surface area contributed by atoms with Gasteiger partial charge in [-0.1, -0.05) is 30.7 Å². The van der Waals surface area contributed by atoms with Crippen LogP contribution in [0.25, 0.3) is 0 Å². The second-order valence-electron chi connectivity index (χ2n) is 4.99. The monoisotopic (exact) mass is 315 g/mol. The molecule has 0 aliphatic rings. The molecule has 3 atom stereocenters. The number of hydrogen-bond donors (Lipinski definition) is 2. The summed E-state index contributed by atoms with van der Waals surface area (Å²) in [4.78, 5) is 12.1. The molecule has 0 heterocycles. The molecule has 5 heteroatoms. The smallest absolute Gasteiger partial charge is 0.223 e. The van der Waals surface area contributed by atoms with Gasteiger partial charge in [-0.15, -0.1) is 0 Å². The lowest BCUT2D eigenvalue weighted by Crippen LogP contribution is -2.43. The van der Waals surface area contributed by atoms with Gasteiger partial charge in [0.1, 0.15) is 0 Å². The van der Waals surface area contributed by atoms with Crippen LogP contribution in [-0.2, 0) is 11.2 Å². The summed E-state index contributed by atoms with van der Waals surface area (Å²) in [5.41, 5.74) is 1.09. The SMILES string of the molecule is CSC(CO)C(C)NC(=O)C(C)Cc1ccc(Cl)cc1. The van der Waals surface area contributed by atoms with Crippen molar-refractivity contribution >= 4 is 29.3 Å². The fraction of sp³-hybridized carbons (Fsp3) is 0.533. The summed E-state index contributed by atoms with van der Waals surface area (Å²) >= 11 is 7.40. The second-order valence-corrected chi connectivity index (χ2v) is 6.50. The molecular weight excluding hydrogens is 294 g/mol. The van der Waals surface area contributed by atoms with Crippen LogP contribution in [0.3, 0.4) is 0 Å². The molecular formula is C15H22ClNO2S. The van der Waals surface area contributed by atoms with E-state index in [-0.39, 0.29) is 29.7 Å². The van der Waals surface area contributed by atoms with E-state index in [0.717, 1.165) is 5.56 Å². The molecule has 3 unspecified atom stereocenters. The number of halogens is 1. The van der Waals surface area contributed by atoms with Gasteiger partial charge >= 0.3 is 0 Å². The molecule has 0 aromatic heterocycles. The molecule has 2 N–H and O–H groups in total. The number of carbonyl (C=O) groups is 1. The minimum Gasteiger partial charge on any atom is -0.395 e. The molecule has 0 aliphatic heterocycles. The number of aliphatic hydroxyl groups is 1. The zero-order chi connectivity index (χ0) is 15.1. The van der Waals surface area contributed by atoms with E-state index in [4.69, 9.17) is 11.6 Å². The third-order valence-corrected chi connectivity index (χ3v) is 4.73. The number of benzene rings is 1. The van der Waals surface area contributed by atoms with Crippen LogP contribution in [-0.4, -0.2) is 35.2 Å². The second kappa shape index (κ2) is 8.55. The molecule has 0 saturated heterocycles. The molecule has 1 aromatic carbocycles. The number of hydrogen-bond acceptors (Lipinski definition) is 3. The van der Waals surface area contributed by atoms with Crippen LogP contribution in [0.1, 0.15) is 19.4 Å². The van der Waals surface area contributed by atoms with Crippen molar-refractivity contribution in [3.05, 3.63) is 34.9 Å². The van der Waals surface area contributed by atoms with Gasteiger partial charge in [-0.25, -0.2) is 0 Å². The maximum atomic E-state index is 12.1. The molecule has 0 spiro atoms. The Bertz CT molecular complexity index is 420. The maximum absolute atomic E-state index is 12.1. The molecule has 1 amide bonds. The molecule has 20 heavy (non-hydrogen) atoms. The first-order chi connectivity index (χ1) is 9.47. The van der Waals surface area contributed by atoms with Crippen LogP contribution in [0.4, 0.5) is 0 Å². The van der Waals surface area contributed by atoms with Gasteiger partial charge in [0, 0.05) is 22.2 Å². The molecule has 0 saturated carbocycles. The van der Waals surface area contributed by atoms with Crippen LogP contribution in [0.2, 0.25) is 5.02 Å². The van der Waals surface area contributed by atoms with Gasteiger partial charge in [-0.05, 0) is 37.3 Å². The van der Waals surface area contributed by atoms with E-state index in [0.29, 0.717) is 11.4 Å². The normalized spacial score (nSPS) is 15.4. The average Bonchev–Trinajstić information content (AvgIpc) is 2.42. The largest absolute Gasteiger partial charge is 0.395 e. The first kappa shape index (κ1) is 17.3. The van der Waals surface area contributed by atoms with Gasteiger partial charge in [0.2, 0.25) is 5.91 Å². The van der Waals surface area contributed by atoms with Crippen molar-refractivity contribution in [3.8, 4) is 0 Å². The molecule has 0 aliphatic carbocycles. The van der Waals surface area contributed by atoms with Crippen molar-refractivity contribution in [2.75, 3.05) is 12.9 Å². The van der Waals surface area contributed by atoms with Crippen LogP contribution in [0.5, 0.6) is 0 Å². The van der Waals surface area contributed by atoms with E-state index in [9.17, 15) is 9.90 Å². The molecule has 1 aromatic rings. The standard InChI is InChI=1S/C15H22ClNO2S/c1-10(8-12-4-6-13(16)7-5-12)15(19)17-11(2)14(9-18)20-3/h4-7,10-11,14,18H,8-9H2,1-3H3,(H,17,19). The summed E-state index contributed by atoms with van der Waals surface area (Å²) in [6.45, 7) is 3.89. The minimum absolute atomic E-state index is 0.0138. The summed E-state index contributed by atoms with van der Waals surface area (Å²) in [6.07, 6.45) is 2.61. The van der Waals surface area contributed by atoms with Crippen molar-refractivity contribution < 1.29 is 9.90 Å². The number of thioether (sulfide) groups is 1. The average molecular weight is 316 g/mol. The topological polar surface area (TPSA) is 49.3 Å². The molecule has 112 valence electrons. The summed E-state index contributed by atoms with van der Waals surface area (Å²) in [7, 11) is 0. The first-order valence-electron chi connectivity index (χ1n) is 6.66. The lowest BCUT2D eigenvalue weighted by molar-refractivity contribution is -0.125. The van der Waals surface area contributed by atoms with E-state index in [1.54, 1.807) is 11.8 Å². The molecule has 3 nitrogen and oxygen atoms in total. The quantitative estimate of drug-likeness (QED) is 0.813. The van der Waals surface area contributed by atoms with Gasteiger partial charge in [0.05, 0.1) is 6.61 Å². The lowest BCUT2D eigenvalue weighted by atomic mass is 10.00. The lowest BCUT2D eigenvalue weighted by Gasteiger charge is -2.23. The third-order valence-electron chi connectivity index (χ3n) is 3.31. The Balaban J connectivity index is 2.52. The number of amides is 1. The number of carbonyl (C=O) groups excluding carboxylic acids is 1. The van der Waals surface area contributed by atoms with Crippen molar-refractivity contribution in [3.63, 3.8) is 0 Å². The van der Waals surface area contributed by atoms with Crippen LogP contribution < -0.4 is 5.32 Å².